The van der Waals surface area contributed by atoms with Crippen molar-refractivity contribution < 1.29 is 38.5 Å². The van der Waals surface area contributed by atoms with Crippen LogP contribution in [-0.4, -0.2) is 73.3 Å². The van der Waals surface area contributed by atoms with Crippen LogP contribution in [0, 0.1) is 0 Å². The first-order chi connectivity index (χ1) is 24.9. The Hall–Kier alpha value is -6.57. The second kappa shape index (κ2) is 14.5. The van der Waals surface area contributed by atoms with E-state index in [0.29, 0.717) is 0 Å². The first kappa shape index (κ1) is 33.0. The molecule has 3 heterocycles. The predicted molar refractivity (Wildman–Crippen MR) is 182 cm³/mol. The number of aromatic nitrogens is 4. The van der Waals surface area contributed by atoms with Gasteiger partial charge in [-0.2, -0.15) is 0 Å². The van der Waals surface area contributed by atoms with Crippen LogP contribution >= 0.6 is 0 Å². The van der Waals surface area contributed by atoms with Crippen LogP contribution in [0.2, 0.25) is 0 Å². The number of hydrogen-bond acceptors (Lipinski definition) is 11. The number of fused-ring (bicyclic) bond motifs is 1. The molecule has 0 radical (unpaired) electrons. The topological polar surface area (TPSA) is 163 Å². The Kier molecular flexibility index (Phi) is 9.37. The predicted octanol–water partition coefficient (Wildman–Crippen LogP) is 4.65. The van der Waals surface area contributed by atoms with Crippen molar-refractivity contribution in [2.45, 2.75) is 24.5 Å². The van der Waals surface area contributed by atoms with E-state index in [1.165, 1.54) is 10.9 Å². The maximum Gasteiger partial charge on any atom is 0.338 e. The number of hydrogen-bond donors (Lipinski definition) is 1. The summed E-state index contributed by atoms with van der Waals surface area (Å²) >= 11 is 0. The average Bonchev–Trinajstić information content (AvgIpc) is 3.77. The van der Waals surface area contributed by atoms with Gasteiger partial charge in [-0.15, -0.1) is 0 Å². The molecule has 2 amide bonds. The third kappa shape index (κ3) is 6.58. The minimum absolute atomic E-state index is 0.0491. The van der Waals surface area contributed by atoms with Crippen LogP contribution in [-0.2, 0) is 14.2 Å². The first-order valence-corrected chi connectivity index (χ1v) is 15.9. The number of amides is 2. The van der Waals surface area contributed by atoms with Crippen LogP contribution in [0.1, 0.15) is 47.7 Å². The molecule has 0 saturated carbocycles. The van der Waals surface area contributed by atoms with Gasteiger partial charge in [0.25, 0.3) is 11.8 Å². The second-order valence-electron chi connectivity index (χ2n) is 11.4. The van der Waals surface area contributed by atoms with Crippen LogP contribution < -0.4 is 4.90 Å². The Morgan fingerprint density at radius 2 is 1.12 bits per heavy atom. The van der Waals surface area contributed by atoms with E-state index in [1.54, 1.807) is 121 Å². The quantitative estimate of drug-likeness (QED) is 0.167. The molecule has 1 aliphatic heterocycles. The number of benzene rings is 4. The van der Waals surface area contributed by atoms with Crippen molar-refractivity contribution in [3.05, 3.63) is 156 Å². The zero-order valence-electron chi connectivity index (χ0n) is 26.8. The third-order valence-electron chi connectivity index (χ3n) is 8.24. The fourth-order valence-electron chi connectivity index (χ4n) is 5.77. The van der Waals surface area contributed by atoms with Gasteiger partial charge in [0, 0.05) is 11.1 Å². The molecule has 1 N–H and O–H groups in total. The van der Waals surface area contributed by atoms with Crippen molar-refractivity contribution in [2.75, 3.05) is 11.5 Å². The smallest absolute Gasteiger partial charge is 0.338 e. The van der Waals surface area contributed by atoms with Crippen LogP contribution in [0.3, 0.4) is 0 Å². The summed E-state index contributed by atoms with van der Waals surface area (Å²) in [6, 6.07) is 32.9. The minimum Gasteiger partial charge on any atom is -0.452 e. The molecule has 6 aromatic rings. The van der Waals surface area contributed by atoms with E-state index in [1.807, 2.05) is 0 Å². The standard InChI is InChI=1S/C38H29N5O8/c44-21-28-30(50-37(47)26-17-9-3-10-18-26)31(51-38(48)27-19-11-4-12-20-27)36(49-28)42-23-41-29-32(42)39-22-40-33(29)43(34(45)24-13-5-1-6-14-24)35(46)25-15-7-2-8-16-25/h1-20,22-23,28,30-31,36,44H,21H2/t28-,30+,31+,36+/m0/s1. The zero-order chi connectivity index (χ0) is 35.3. The third-order valence-corrected chi connectivity index (χ3v) is 8.24. The van der Waals surface area contributed by atoms with Crippen LogP contribution in [0.25, 0.3) is 11.2 Å². The van der Waals surface area contributed by atoms with E-state index in [0.717, 1.165) is 11.2 Å². The van der Waals surface area contributed by atoms with Crippen molar-refractivity contribution in [1.82, 2.24) is 19.5 Å². The molecular formula is C38H29N5O8. The van der Waals surface area contributed by atoms with Gasteiger partial charge in [-0.1, -0.05) is 72.8 Å². The summed E-state index contributed by atoms with van der Waals surface area (Å²) in [4.78, 5) is 68.8. The van der Waals surface area contributed by atoms with Crippen LogP contribution in [0.4, 0.5) is 5.82 Å². The number of nitrogens with zero attached hydrogens (tertiary/aromatic N) is 5. The lowest BCUT2D eigenvalue weighted by Crippen LogP contribution is -2.40. The van der Waals surface area contributed by atoms with E-state index in [9.17, 15) is 24.3 Å². The molecule has 1 fully saturated rings. The number of ether oxygens (including phenoxy) is 3. The lowest BCUT2D eigenvalue weighted by Gasteiger charge is -2.25. The van der Waals surface area contributed by atoms with Gasteiger partial charge in [0.1, 0.15) is 12.4 Å². The summed E-state index contributed by atoms with van der Waals surface area (Å²) in [5.74, 6) is -2.87. The number of imide groups is 1. The number of aliphatic hydroxyl groups is 1. The Bertz CT molecular complexity index is 2130. The summed E-state index contributed by atoms with van der Waals surface area (Å²) in [7, 11) is 0. The highest BCUT2D eigenvalue weighted by atomic mass is 16.6. The number of aliphatic hydroxyl groups excluding tert-OH is 1. The van der Waals surface area contributed by atoms with E-state index in [2.05, 4.69) is 15.0 Å². The number of carbonyl (C=O) groups is 4. The molecule has 0 aliphatic carbocycles. The fraction of sp³-hybridized carbons (Fsp3) is 0.132. The molecular weight excluding hydrogens is 654 g/mol. The van der Waals surface area contributed by atoms with Crippen LogP contribution in [0.15, 0.2) is 134 Å². The molecule has 0 unspecified atom stereocenters. The van der Waals surface area contributed by atoms with Crippen molar-refractivity contribution in [3.63, 3.8) is 0 Å². The van der Waals surface area contributed by atoms with Gasteiger partial charge in [0.2, 0.25) is 0 Å². The highest BCUT2D eigenvalue weighted by Crippen LogP contribution is 2.37. The van der Waals surface area contributed by atoms with Gasteiger partial charge in [-0.05, 0) is 48.5 Å². The largest absolute Gasteiger partial charge is 0.452 e. The molecule has 51 heavy (non-hydrogen) atoms. The average molecular weight is 684 g/mol. The summed E-state index contributed by atoms with van der Waals surface area (Å²) in [6.07, 6.45) is -2.47. The Morgan fingerprint density at radius 3 is 1.61 bits per heavy atom. The highest BCUT2D eigenvalue weighted by Gasteiger charge is 2.51. The fourth-order valence-corrected chi connectivity index (χ4v) is 5.77. The maximum atomic E-state index is 14.0. The number of rotatable bonds is 9. The van der Waals surface area contributed by atoms with Gasteiger partial charge in [-0.25, -0.2) is 29.4 Å². The first-order valence-electron chi connectivity index (χ1n) is 15.9. The van der Waals surface area contributed by atoms with Gasteiger partial charge >= 0.3 is 11.9 Å². The lowest BCUT2D eigenvalue weighted by molar-refractivity contribution is -0.0566. The molecule has 7 rings (SSSR count). The molecule has 13 nitrogen and oxygen atoms in total. The van der Waals surface area contributed by atoms with Crippen molar-refractivity contribution in [2.24, 2.45) is 0 Å². The van der Waals surface area contributed by atoms with Crippen molar-refractivity contribution in [3.8, 4) is 0 Å². The highest BCUT2D eigenvalue weighted by molar-refractivity contribution is 6.27. The molecule has 1 aliphatic rings. The van der Waals surface area contributed by atoms with E-state index >= 15 is 0 Å². The number of imidazole rings is 1. The van der Waals surface area contributed by atoms with Gasteiger partial charge < -0.3 is 19.3 Å². The summed E-state index contributed by atoms with van der Waals surface area (Å²) in [6.45, 7) is -0.597. The zero-order valence-corrected chi connectivity index (χ0v) is 26.8. The van der Waals surface area contributed by atoms with Crippen LogP contribution in [0.5, 0.6) is 0 Å². The number of esters is 2. The molecule has 13 heteroatoms. The van der Waals surface area contributed by atoms with Gasteiger partial charge in [0.05, 0.1) is 24.1 Å². The normalized spacial score (nSPS) is 18.2. The van der Waals surface area contributed by atoms with Gasteiger partial charge in [-0.3, -0.25) is 14.2 Å². The molecule has 2 aromatic heterocycles. The Balaban J connectivity index is 1.31. The second-order valence-corrected chi connectivity index (χ2v) is 11.4. The summed E-state index contributed by atoms with van der Waals surface area (Å²) in [5.41, 5.74) is 1.08. The molecule has 0 bridgehead atoms. The Morgan fingerprint density at radius 1 is 0.647 bits per heavy atom. The number of carbonyl (C=O) groups excluding carboxylic acids is 4. The van der Waals surface area contributed by atoms with E-state index in [-0.39, 0.29) is 39.2 Å². The van der Waals surface area contributed by atoms with E-state index < -0.39 is 54.9 Å². The summed E-state index contributed by atoms with van der Waals surface area (Å²) in [5, 5.41) is 10.4. The molecule has 4 atom stereocenters. The minimum atomic E-state index is -1.31. The Labute approximate surface area is 290 Å². The monoisotopic (exact) mass is 683 g/mol. The lowest BCUT2D eigenvalue weighted by atomic mass is 10.1. The van der Waals surface area contributed by atoms with Crippen molar-refractivity contribution >= 4 is 40.7 Å². The summed E-state index contributed by atoms with van der Waals surface area (Å²) < 4.78 is 19.4. The molecule has 1 saturated heterocycles. The SMILES string of the molecule is O=C(O[C@@H]1[C@H](OC(=O)c2ccccc2)[C@H](CO)O[C@H]1n1cnc2c(N(C(=O)c3ccccc3)C(=O)c3ccccc3)ncnc21)c1ccccc1. The van der Waals surface area contributed by atoms with E-state index in [4.69, 9.17) is 14.2 Å². The molecule has 0 spiro atoms. The van der Waals surface area contributed by atoms with Gasteiger partial charge in [0.15, 0.2) is 35.4 Å². The van der Waals surface area contributed by atoms with Crippen molar-refractivity contribution in [1.29, 1.82) is 0 Å². The molecule has 4 aromatic carbocycles. The molecule has 254 valence electrons. The maximum absolute atomic E-state index is 14.0. The number of anilines is 1.